The topological polar surface area (TPSA) is 101 Å². The minimum absolute atomic E-state index is 0.00125. The third kappa shape index (κ3) is 4.44. The molecule has 0 aliphatic carbocycles. The Balaban J connectivity index is 1.73. The minimum atomic E-state index is -0.965. The fourth-order valence-electron chi connectivity index (χ4n) is 6.75. The van der Waals surface area contributed by atoms with Crippen molar-refractivity contribution in [3.05, 3.63) is 36.9 Å². The maximum Gasteiger partial charge on any atom is 0.308 e. The van der Waals surface area contributed by atoms with Crippen LogP contribution in [-0.2, 0) is 14.4 Å². The number of rotatable bonds is 12. The highest BCUT2D eigenvalue weighted by atomic mass is 32.2. The van der Waals surface area contributed by atoms with Crippen molar-refractivity contribution in [1.29, 1.82) is 0 Å². The van der Waals surface area contributed by atoms with E-state index >= 15 is 0 Å². The first-order chi connectivity index (χ1) is 17.7. The number of fused-ring (bicyclic) bond motifs is 1. The van der Waals surface area contributed by atoms with Gasteiger partial charge in [0.2, 0.25) is 5.91 Å². The Kier molecular flexibility index (Phi) is 7.95. The summed E-state index contributed by atoms with van der Waals surface area (Å²) in [5.41, 5.74) is 1.80. The molecule has 2 unspecified atom stereocenters. The molecule has 3 aliphatic heterocycles. The molecule has 2 N–H and O–H groups in total. The van der Waals surface area contributed by atoms with Gasteiger partial charge in [-0.15, -0.1) is 18.3 Å². The number of thioether (sulfide) groups is 1. The zero-order valence-corrected chi connectivity index (χ0v) is 22.9. The van der Waals surface area contributed by atoms with E-state index in [0.717, 1.165) is 24.5 Å². The van der Waals surface area contributed by atoms with Crippen LogP contribution < -0.4 is 9.80 Å². The van der Waals surface area contributed by atoms with Crippen LogP contribution in [0.25, 0.3) is 0 Å². The highest BCUT2D eigenvalue weighted by Crippen LogP contribution is 2.71. The van der Waals surface area contributed by atoms with Crippen LogP contribution in [0.4, 0.5) is 11.4 Å². The lowest BCUT2D eigenvalue weighted by atomic mass is 9.66. The van der Waals surface area contributed by atoms with E-state index in [1.165, 1.54) is 0 Å². The van der Waals surface area contributed by atoms with Crippen LogP contribution in [0.1, 0.15) is 46.5 Å². The first kappa shape index (κ1) is 27.5. The Morgan fingerprint density at radius 1 is 1.16 bits per heavy atom. The molecule has 3 saturated heterocycles. The Labute approximate surface area is 223 Å². The van der Waals surface area contributed by atoms with E-state index in [2.05, 4.69) is 25.3 Å². The molecule has 8 nitrogen and oxygen atoms in total. The van der Waals surface area contributed by atoms with Gasteiger partial charge in [0, 0.05) is 48.9 Å². The maximum atomic E-state index is 14.4. The summed E-state index contributed by atoms with van der Waals surface area (Å²) in [6, 6.07) is 7.10. The number of aliphatic hydroxyl groups excluding tert-OH is 1. The molecular weight excluding hydrogens is 490 g/mol. The van der Waals surface area contributed by atoms with Crippen LogP contribution in [0, 0.1) is 11.8 Å². The monoisotopic (exact) mass is 529 g/mol. The number of nitrogens with zero attached hydrogens (tertiary/aromatic N) is 3. The van der Waals surface area contributed by atoms with Crippen molar-refractivity contribution in [3.63, 3.8) is 0 Å². The number of benzene rings is 1. The lowest BCUT2D eigenvalue weighted by Crippen LogP contribution is -2.55. The van der Waals surface area contributed by atoms with Gasteiger partial charge in [-0.3, -0.25) is 14.4 Å². The van der Waals surface area contributed by atoms with Crippen LogP contribution in [0.15, 0.2) is 36.9 Å². The normalized spacial score (nSPS) is 29.9. The summed E-state index contributed by atoms with van der Waals surface area (Å²) in [6.07, 6.45) is 4.03. The second-order valence-electron chi connectivity index (χ2n) is 10.5. The second-order valence-corrected chi connectivity index (χ2v) is 12.4. The van der Waals surface area contributed by atoms with E-state index in [9.17, 15) is 24.6 Å². The smallest absolute Gasteiger partial charge is 0.308 e. The Bertz CT molecular complexity index is 1040. The molecule has 2 bridgehead atoms. The highest BCUT2D eigenvalue weighted by Gasteiger charge is 2.77. The average molecular weight is 530 g/mol. The summed E-state index contributed by atoms with van der Waals surface area (Å²) in [4.78, 5) is 46.2. The van der Waals surface area contributed by atoms with Crippen LogP contribution in [0.5, 0.6) is 0 Å². The lowest BCUT2D eigenvalue weighted by molar-refractivity contribution is -0.150. The van der Waals surface area contributed by atoms with Crippen LogP contribution in [0.2, 0.25) is 0 Å². The molecule has 3 aliphatic rings. The van der Waals surface area contributed by atoms with Crippen molar-refractivity contribution in [2.75, 3.05) is 42.6 Å². The molecule has 3 heterocycles. The quantitative estimate of drug-likeness (QED) is 0.316. The number of carbonyl (C=O) groups excluding carboxylic acids is 2. The number of amides is 2. The van der Waals surface area contributed by atoms with Gasteiger partial charge in [-0.25, -0.2) is 0 Å². The maximum absolute atomic E-state index is 14.4. The largest absolute Gasteiger partial charge is 0.481 e. The SMILES string of the molecule is C=CCN(C(=O)C1N(CCCCO)C(=O)[C@@H]2[C@@H](C(=O)O)[C@@]3(C)CCC12S3)c1ccc(N(CC)CC)cc1. The van der Waals surface area contributed by atoms with Crippen molar-refractivity contribution in [1.82, 2.24) is 4.90 Å². The van der Waals surface area contributed by atoms with Crippen molar-refractivity contribution in [2.24, 2.45) is 11.8 Å². The van der Waals surface area contributed by atoms with Crippen LogP contribution in [0.3, 0.4) is 0 Å². The van der Waals surface area contributed by atoms with Crippen LogP contribution >= 0.6 is 11.8 Å². The number of carboxylic acid groups (broad SMARTS) is 1. The van der Waals surface area contributed by atoms with Crippen molar-refractivity contribution < 1.29 is 24.6 Å². The van der Waals surface area contributed by atoms with Gasteiger partial charge in [-0.2, -0.15) is 0 Å². The fourth-order valence-corrected chi connectivity index (χ4v) is 9.09. The lowest BCUT2D eigenvalue weighted by Gasteiger charge is -2.37. The average Bonchev–Trinajstić information content (AvgIpc) is 3.44. The van der Waals surface area contributed by atoms with Gasteiger partial charge in [0.25, 0.3) is 5.91 Å². The molecule has 9 heteroatoms. The zero-order chi connectivity index (χ0) is 27.0. The molecule has 37 heavy (non-hydrogen) atoms. The molecule has 2 amide bonds. The minimum Gasteiger partial charge on any atom is -0.481 e. The van der Waals surface area contributed by atoms with Crippen molar-refractivity contribution in [2.45, 2.75) is 62.0 Å². The van der Waals surface area contributed by atoms with E-state index in [-0.39, 0.29) is 25.0 Å². The molecule has 3 fully saturated rings. The number of hydrogen-bond acceptors (Lipinski definition) is 6. The number of carboxylic acids is 1. The van der Waals surface area contributed by atoms with Crippen molar-refractivity contribution >= 4 is 40.9 Å². The van der Waals surface area contributed by atoms with Gasteiger partial charge >= 0.3 is 5.97 Å². The summed E-state index contributed by atoms with van der Waals surface area (Å²) in [5.74, 6) is -2.95. The first-order valence-corrected chi connectivity index (χ1v) is 14.1. The van der Waals surface area contributed by atoms with E-state index in [1.807, 2.05) is 31.2 Å². The van der Waals surface area contributed by atoms with Gasteiger partial charge in [0.15, 0.2) is 0 Å². The number of anilines is 2. The summed E-state index contributed by atoms with van der Waals surface area (Å²) in [5, 5.41) is 19.5. The standard InChI is InChI=1S/C28H39N3O5S/c1-5-16-30(20-12-10-19(11-13-20)29(6-2)7-3)25(34)23-28-15-14-27(4,37-28)22(26(35)36)21(28)24(33)31(23)17-8-9-18-32/h5,10-13,21-23,32H,1,6-9,14-18H2,2-4H3,(H,35,36)/t21-,22-,23?,27+,28?/m0/s1. The number of unbranched alkanes of at least 4 members (excludes halogenated alkanes) is 1. The Morgan fingerprint density at radius 3 is 2.38 bits per heavy atom. The molecular formula is C28H39N3O5S. The zero-order valence-electron chi connectivity index (χ0n) is 22.1. The van der Waals surface area contributed by atoms with Crippen LogP contribution in [-0.4, -0.2) is 81.2 Å². The molecule has 0 aromatic heterocycles. The molecule has 1 spiro atoms. The molecule has 4 rings (SSSR count). The Hall–Kier alpha value is -2.52. The molecule has 1 aromatic rings. The fraction of sp³-hybridized carbons (Fsp3) is 0.607. The third-order valence-electron chi connectivity index (χ3n) is 8.45. The number of aliphatic carboxylic acids is 1. The molecule has 5 atom stereocenters. The second kappa shape index (κ2) is 10.7. The molecule has 202 valence electrons. The summed E-state index contributed by atoms with van der Waals surface area (Å²) in [7, 11) is 0. The van der Waals surface area contributed by atoms with Gasteiger partial charge in [-0.05, 0) is 70.7 Å². The number of hydrogen-bond donors (Lipinski definition) is 2. The summed E-state index contributed by atoms with van der Waals surface area (Å²) < 4.78 is -1.34. The third-order valence-corrected chi connectivity index (χ3v) is 10.4. The predicted molar refractivity (Wildman–Crippen MR) is 147 cm³/mol. The van der Waals surface area contributed by atoms with Gasteiger partial charge < -0.3 is 24.9 Å². The number of likely N-dealkylation sites (tertiary alicyclic amines) is 1. The first-order valence-electron chi connectivity index (χ1n) is 13.3. The van der Waals surface area contributed by atoms with Gasteiger partial charge in [0.05, 0.1) is 16.6 Å². The summed E-state index contributed by atoms with van der Waals surface area (Å²) in [6.45, 7) is 12.4. The van der Waals surface area contributed by atoms with Gasteiger partial charge in [-0.1, -0.05) is 6.08 Å². The van der Waals surface area contributed by atoms with Crippen molar-refractivity contribution in [3.8, 4) is 0 Å². The highest BCUT2D eigenvalue weighted by molar-refractivity contribution is 8.02. The number of carbonyl (C=O) groups is 3. The summed E-state index contributed by atoms with van der Waals surface area (Å²) >= 11 is 1.54. The van der Waals surface area contributed by atoms with E-state index in [1.54, 1.807) is 27.6 Å². The molecule has 1 aromatic carbocycles. The van der Waals surface area contributed by atoms with E-state index in [0.29, 0.717) is 32.2 Å². The molecule has 0 saturated carbocycles. The Morgan fingerprint density at radius 2 is 1.81 bits per heavy atom. The predicted octanol–water partition coefficient (Wildman–Crippen LogP) is 3.39. The molecule has 0 radical (unpaired) electrons. The van der Waals surface area contributed by atoms with E-state index in [4.69, 9.17) is 0 Å². The van der Waals surface area contributed by atoms with E-state index < -0.39 is 33.3 Å². The number of aliphatic hydroxyl groups is 1. The van der Waals surface area contributed by atoms with Gasteiger partial charge in [0.1, 0.15) is 6.04 Å².